The van der Waals surface area contributed by atoms with Crippen molar-refractivity contribution in [1.82, 2.24) is 20.0 Å². The molecule has 0 aromatic carbocycles. The number of thiophene rings is 2. The van der Waals surface area contributed by atoms with Crippen molar-refractivity contribution in [2.45, 2.75) is 187 Å². The topological polar surface area (TPSA) is 129 Å². The number of carboxylic acid groups (broad SMARTS) is 1. The van der Waals surface area contributed by atoms with Gasteiger partial charge in [-0.2, -0.15) is 0 Å². The fourth-order valence-corrected chi connectivity index (χ4v) is 12.3. The monoisotopic (exact) mass is 899 g/mol. The predicted octanol–water partition coefficient (Wildman–Crippen LogP) is 11.8. The van der Waals surface area contributed by atoms with Crippen LogP contribution in [0.1, 0.15) is 194 Å². The Morgan fingerprint density at radius 1 is 0.613 bits per heavy atom. The lowest BCUT2D eigenvalue weighted by Crippen LogP contribution is -2.49. The third-order valence-electron chi connectivity index (χ3n) is 13.4. The summed E-state index contributed by atoms with van der Waals surface area (Å²) in [7, 11) is 0. The minimum Gasteiger partial charge on any atom is -0.478 e. The van der Waals surface area contributed by atoms with E-state index in [1.807, 2.05) is 46.4 Å². The first-order valence-corrected chi connectivity index (χ1v) is 25.2. The molecule has 4 atom stereocenters. The van der Waals surface area contributed by atoms with Crippen LogP contribution >= 0.6 is 22.7 Å². The molecule has 2 aromatic heterocycles. The summed E-state index contributed by atoms with van der Waals surface area (Å²) in [6, 6.07) is 5.25. The van der Waals surface area contributed by atoms with E-state index < -0.39 is 17.2 Å². The fourth-order valence-electron chi connectivity index (χ4n) is 10.2. The Balaban J connectivity index is 0.000000196. The third kappa shape index (κ3) is 14.2. The maximum atomic E-state index is 13.3. The molecule has 4 aliphatic heterocycles. The molecule has 2 aromatic rings. The van der Waals surface area contributed by atoms with Gasteiger partial charge in [0, 0.05) is 65.3 Å². The maximum Gasteiger partial charge on any atom is 0.410 e. The van der Waals surface area contributed by atoms with Gasteiger partial charge in [-0.3, -0.25) is 4.79 Å². The number of likely N-dealkylation sites (tertiary alicyclic amines) is 3. The minimum absolute atomic E-state index is 0. The van der Waals surface area contributed by atoms with E-state index in [1.54, 1.807) is 27.7 Å². The molecule has 8 rings (SSSR count). The smallest absolute Gasteiger partial charge is 0.410 e. The lowest BCUT2D eigenvalue weighted by molar-refractivity contribution is 0.0195. The summed E-state index contributed by atoms with van der Waals surface area (Å²) in [4.78, 5) is 56.6. The molecule has 6 aliphatic rings. The molecule has 6 heterocycles. The molecule has 3 amide bonds. The summed E-state index contributed by atoms with van der Waals surface area (Å²) in [5, 5.41) is 16.3. The lowest BCUT2D eigenvalue weighted by atomic mass is 9.78. The molecule has 11 nitrogen and oxygen atoms in total. The van der Waals surface area contributed by atoms with E-state index in [9.17, 15) is 19.2 Å². The largest absolute Gasteiger partial charge is 0.478 e. The second-order valence-electron chi connectivity index (χ2n) is 20.3. The highest BCUT2D eigenvalue weighted by atomic mass is 32.1. The highest BCUT2D eigenvalue weighted by Crippen LogP contribution is 2.38. The van der Waals surface area contributed by atoms with Gasteiger partial charge in [-0.05, 0) is 161 Å². The number of aromatic carboxylic acids is 1. The molecular weight excluding hydrogens is 821 g/mol. The number of hydrogen-bond acceptors (Lipinski definition) is 9. The number of nitrogens with zero attached hydrogens (tertiary/aromatic N) is 3. The van der Waals surface area contributed by atoms with E-state index in [4.69, 9.17) is 14.6 Å². The van der Waals surface area contributed by atoms with Crippen molar-refractivity contribution in [2.24, 2.45) is 11.8 Å². The average Bonchev–Trinajstić information content (AvgIpc) is 3.95. The first-order chi connectivity index (χ1) is 29.0. The van der Waals surface area contributed by atoms with Crippen molar-refractivity contribution in [1.29, 1.82) is 0 Å². The van der Waals surface area contributed by atoms with E-state index >= 15 is 0 Å². The molecule has 2 aliphatic carbocycles. The van der Waals surface area contributed by atoms with Crippen LogP contribution in [0.4, 0.5) is 9.59 Å². The van der Waals surface area contributed by atoms with Crippen molar-refractivity contribution in [2.75, 3.05) is 39.3 Å². The first kappa shape index (κ1) is 49.8. The summed E-state index contributed by atoms with van der Waals surface area (Å²) >= 11 is 3.20. The van der Waals surface area contributed by atoms with Gasteiger partial charge >= 0.3 is 18.2 Å². The Bertz CT molecular complexity index is 1720. The Kier molecular flexibility index (Phi) is 18.2. The van der Waals surface area contributed by atoms with Gasteiger partial charge in [-0.25, -0.2) is 14.4 Å². The Morgan fingerprint density at radius 2 is 1.08 bits per heavy atom. The lowest BCUT2D eigenvalue weighted by Gasteiger charge is -2.44. The van der Waals surface area contributed by atoms with Crippen LogP contribution in [0.15, 0.2) is 22.9 Å². The second-order valence-corrected chi connectivity index (χ2v) is 22.1. The van der Waals surface area contributed by atoms with Gasteiger partial charge in [0.25, 0.3) is 5.91 Å². The zero-order chi connectivity index (χ0) is 43.7. The van der Waals surface area contributed by atoms with Gasteiger partial charge in [0.2, 0.25) is 0 Å². The Hall–Kier alpha value is -3.16. The van der Waals surface area contributed by atoms with E-state index in [0.717, 1.165) is 74.1 Å². The van der Waals surface area contributed by atoms with Crippen LogP contribution in [0.5, 0.6) is 0 Å². The number of hydrogen-bond donors (Lipinski definition) is 2. The maximum absolute atomic E-state index is 13.3. The minimum atomic E-state index is -0.885. The number of nitrogens with one attached hydrogen (secondary N) is 1. The number of carbonyl (C=O) groups is 4. The van der Waals surface area contributed by atoms with Crippen LogP contribution in [-0.4, -0.2) is 106 Å². The molecule has 6 fully saturated rings. The van der Waals surface area contributed by atoms with Crippen LogP contribution in [0.2, 0.25) is 0 Å². The van der Waals surface area contributed by atoms with Gasteiger partial charge in [0.1, 0.15) is 11.2 Å². The number of carboxylic acids is 1. The van der Waals surface area contributed by atoms with E-state index in [2.05, 4.69) is 21.7 Å². The molecule has 0 bridgehead atoms. The molecule has 2 N–H and O–H groups in total. The van der Waals surface area contributed by atoms with Crippen LogP contribution in [-0.2, 0) is 9.47 Å². The number of carbonyl (C=O) groups excluding carboxylic acids is 3. The van der Waals surface area contributed by atoms with Crippen LogP contribution in [0, 0.1) is 11.8 Å². The number of fused-ring (bicyclic) bond motifs is 2. The van der Waals surface area contributed by atoms with Crippen LogP contribution < -0.4 is 5.32 Å². The van der Waals surface area contributed by atoms with E-state index in [1.165, 1.54) is 93.4 Å². The van der Waals surface area contributed by atoms with Gasteiger partial charge in [0.05, 0.1) is 11.1 Å². The molecule has 2 saturated carbocycles. The molecule has 62 heavy (non-hydrogen) atoms. The molecule has 4 saturated heterocycles. The van der Waals surface area contributed by atoms with Gasteiger partial charge in [0.15, 0.2) is 0 Å². The summed E-state index contributed by atoms with van der Waals surface area (Å²) < 4.78 is 10.9. The van der Waals surface area contributed by atoms with Crippen molar-refractivity contribution >= 4 is 46.7 Å². The number of amides is 3. The zero-order valence-corrected chi connectivity index (χ0v) is 39.5. The number of rotatable bonds is 4. The van der Waals surface area contributed by atoms with Crippen molar-refractivity contribution in [3.05, 3.63) is 43.8 Å². The van der Waals surface area contributed by atoms with Crippen LogP contribution in [0.25, 0.3) is 0 Å². The van der Waals surface area contributed by atoms with Crippen molar-refractivity contribution in [3.8, 4) is 0 Å². The molecule has 0 radical (unpaired) electrons. The summed E-state index contributed by atoms with van der Waals surface area (Å²) in [5.74, 6) is 1.87. The van der Waals surface area contributed by atoms with Crippen molar-refractivity contribution in [3.63, 3.8) is 0 Å². The molecule has 13 heteroatoms. The predicted molar refractivity (Wildman–Crippen MR) is 251 cm³/mol. The van der Waals surface area contributed by atoms with E-state index in [0.29, 0.717) is 42.4 Å². The summed E-state index contributed by atoms with van der Waals surface area (Å²) in [6.07, 6.45) is 19.4. The fraction of sp³-hybridized carbons (Fsp3) is 0.755. The first-order valence-electron chi connectivity index (χ1n) is 23.4. The molecule has 0 spiro atoms. The molecular formula is C49H78N4O7S2. The van der Waals surface area contributed by atoms with Gasteiger partial charge in [-0.15, -0.1) is 22.7 Å². The second kappa shape index (κ2) is 22.6. The Labute approximate surface area is 380 Å². The van der Waals surface area contributed by atoms with Gasteiger partial charge in [-0.1, -0.05) is 33.1 Å². The van der Waals surface area contributed by atoms with Crippen LogP contribution in [0.3, 0.4) is 0 Å². The molecule has 348 valence electrons. The molecule has 4 unspecified atom stereocenters. The summed E-state index contributed by atoms with van der Waals surface area (Å²) in [6.45, 7) is 16.2. The quantitative estimate of drug-likeness (QED) is 0.310. The normalized spacial score (nSPS) is 24.7. The van der Waals surface area contributed by atoms with Crippen molar-refractivity contribution < 1.29 is 33.8 Å². The summed E-state index contributed by atoms with van der Waals surface area (Å²) in [5.41, 5.74) is 0.293. The van der Waals surface area contributed by atoms with E-state index in [-0.39, 0.29) is 25.5 Å². The highest BCUT2D eigenvalue weighted by molar-refractivity contribution is 7.10. The highest BCUT2D eigenvalue weighted by Gasteiger charge is 2.37. The average molecular weight is 899 g/mol. The zero-order valence-electron chi connectivity index (χ0n) is 37.9. The number of piperidine rings is 4. The number of ether oxygens (including phenoxy) is 2. The van der Waals surface area contributed by atoms with Gasteiger partial charge < -0.3 is 34.6 Å². The SMILES string of the molecule is C.C1CCC2NCCCC2C1.CC(C)(C)OC(=O)N1CCC(c2cc(C(=O)N3CCCC4CCCCC43)cs2)CC1.CC(C)(C)OC(=O)N1CCC(c2cc(C(=O)O)cs2)CC1. The third-order valence-corrected chi connectivity index (χ3v) is 15.6. The standard InChI is InChI=1S/C24H36N2O3S.C15H21NO4S.C9H17N.CH4/c1-24(2,3)29-23(28)25-13-10-18(11-14-25)21-15-19(16-30-21)22(27)26-12-6-8-17-7-4-5-9-20(17)26;1-15(2,3)20-14(19)16-6-4-10(5-7-16)12-8-11(9-21-12)13(17)18;1-2-6-9-8(4-1)5-3-7-10-9;/h15-18,20H,4-14H2,1-3H3;8-10H,4-7H2,1-3H3,(H,17,18);8-10H,1-7H2;1H4. The Morgan fingerprint density at radius 3 is 1.60 bits per heavy atom.